The molecule has 0 unspecified atom stereocenters. The fourth-order valence-corrected chi connectivity index (χ4v) is 2.61. The van der Waals surface area contributed by atoms with Gasteiger partial charge in [0, 0.05) is 6.42 Å². The average molecular weight is 274 g/mol. The summed E-state index contributed by atoms with van der Waals surface area (Å²) in [6, 6.07) is 0. The number of aliphatic carboxylic acids is 1. The quantitative estimate of drug-likeness (QED) is 0.447. The summed E-state index contributed by atoms with van der Waals surface area (Å²) in [5, 5.41) is 8.49. The van der Waals surface area contributed by atoms with Gasteiger partial charge in [0.05, 0.1) is 0 Å². The third-order valence-corrected chi connectivity index (χ3v) is 3.94. The Morgan fingerprint density at radius 2 is 1.17 bits per heavy atom. The van der Waals surface area contributed by atoms with Crippen LogP contribution in [0.5, 0.6) is 0 Å². The summed E-state index contributed by atoms with van der Waals surface area (Å²) >= 11 is 1.95. The zero-order valence-electron chi connectivity index (χ0n) is 12.0. The van der Waals surface area contributed by atoms with E-state index in [1.165, 1.54) is 63.5 Å². The summed E-state index contributed by atoms with van der Waals surface area (Å²) in [6.07, 6.45) is 16.6. The lowest BCUT2D eigenvalue weighted by molar-refractivity contribution is -0.137. The van der Waals surface area contributed by atoms with Crippen LogP contribution in [0, 0.1) is 0 Å². The number of thioether (sulfide) groups is 1. The van der Waals surface area contributed by atoms with E-state index in [1.807, 2.05) is 11.8 Å². The van der Waals surface area contributed by atoms with Crippen LogP contribution in [0.2, 0.25) is 0 Å². The van der Waals surface area contributed by atoms with E-state index in [4.69, 9.17) is 5.11 Å². The molecule has 0 saturated carbocycles. The van der Waals surface area contributed by atoms with Gasteiger partial charge in [0.25, 0.3) is 0 Å². The highest BCUT2D eigenvalue weighted by Crippen LogP contribution is 2.12. The molecule has 0 rings (SSSR count). The van der Waals surface area contributed by atoms with E-state index < -0.39 is 5.97 Å². The zero-order valence-corrected chi connectivity index (χ0v) is 12.8. The molecule has 0 aromatic heterocycles. The van der Waals surface area contributed by atoms with Crippen LogP contribution >= 0.6 is 11.8 Å². The number of hydrogen-bond acceptors (Lipinski definition) is 2. The van der Waals surface area contributed by atoms with E-state index in [0.29, 0.717) is 6.42 Å². The van der Waals surface area contributed by atoms with Crippen LogP contribution < -0.4 is 0 Å². The number of hydrogen-bond donors (Lipinski definition) is 1. The van der Waals surface area contributed by atoms with Gasteiger partial charge in [0.1, 0.15) is 0 Å². The summed E-state index contributed by atoms with van der Waals surface area (Å²) in [6.45, 7) is 0. The van der Waals surface area contributed by atoms with Gasteiger partial charge in [-0.15, -0.1) is 0 Å². The molecule has 0 spiro atoms. The molecule has 0 aliphatic heterocycles. The molecule has 0 atom stereocenters. The summed E-state index contributed by atoms with van der Waals surface area (Å²) in [5.41, 5.74) is 0. The SMILES string of the molecule is CSCCCCCCCCCCCCCC(=O)O. The predicted molar refractivity (Wildman–Crippen MR) is 81.4 cm³/mol. The smallest absolute Gasteiger partial charge is 0.303 e. The topological polar surface area (TPSA) is 37.3 Å². The van der Waals surface area contributed by atoms with Crippen molar-refractivity contribution >= 4 is 17.7 Å². The maximum Gasteiger partial charge on any atom is 0.303 e. The van der Waals surface area contributed by atoms with Gasteiger partial charge in [0.2, 0.25) is 0 Å². The van der Waals surface area contributed by atoms with Crippen LogP contribution in [0.4, 0.5) is 0 Å². The number of carbonyl (C=O) groups is 1. The van der Waals surface area contributed by atoms with E-state index in [-0.39, 0.29) is 0 Å². The Kier molecular flexibility index (Phi) is 14.7. The third kappa shape index (κ3) is 15.8. The molecule has 0 heterocycles. The maximum absolute atomic E-state index is 10.3. The van der Waals surface area contributed by atoms with Crippen molar-refractivity contribution in [2.45, 2.75) is 77.0 Å². The first-order chi connectivity index (χ1) is 8.77. The first-order valence-corrected chi connectivity index (χ1v) is 8.87. The van der Waals surface area contributed by atoms with Gasteiger partial charge in [-0.2, -0.15) is 11.8 Å². The molecule has 0 bridgehead atoms. The Balaban J connectivity index is 2.92. The molecule has 0 aliphatic carbocycles. The van der Waals surface area contributed by atoms with Crippen molar-refractivity contribution < 1.29 is 9.90 Å². The third-order valence-electron chi connectivity index (χ3n) is 3.24. The lowest BCUT2D eigenvalue weighted by Crippen LogP contribution is -1.93. The highest BCUT2D eigenvalue weighted by atomic mass is 32.2. The zero-order chi connectivity index (χ0) is 13.5. The van der Waals surface area contributed by atoms with Crippen molar-refractivity contribution in [3.8, 4) is 0 Å². The molecule has 2 nitrogen and oxygen atoms in total. The van der Waals surface area contributed by atoms with Crippen LogP contribution in [0.1, 0.15) is 77.0 Å². The molecule has 0 aliphatic rings. The molecule has 0 aromatic carbocycles. The predicted octanol–water partition coefficient (Wildman–Crippen LogP) is 5.12. The molecule has 0 radical (unpaired) electrons. The number of rotatable bonds is 14. The first-order valence-electron chi connectivity index (χ1n) is 7.48. The molecule has 0 aromatic rings. The minimum Gasteiger partial charge on any atom is -0.481 e. The fraction of sp³-hybridized carbons (Fsp3) is 0.933. The molecule has 0 saturated heterocycles. The fourth-order valence-electron chi connectivity index (χ4n) is 2.11. The lowest BCUT2D eigenvalue weighted by atomic mass is 10.1. The van der Waals surface area contributed by atoms with Crippen LogP contribution in [-0.2, 0) is 4.79 Å². The minimum absolute atomic E-state index is 0.343. The largest absolute Gasteiger partial charge is 0.481 e. The molecule has 3 heteroatoms. The Hall–Kier alpha value is -0.180. The van der Waals surface area contributed by atoms with Crippen molar-refractivity contribution in [3.05, 3.63) is 0 Å². The van der Waals surface area contributed by atoms with Gasteiger partial charge >= 0.3 is 5.97 Å². The normalized spacial score (nSPS) is 10.7. The van der Waals surface area contributed by atoms with Gasteiger partial charge in [-0.3, -0.25) is 4.79 Å². The second-order valence-corrected chi connectivity index (χ2v) is 6.01. The summed E-state index contributed by atoms with van der Waals surface area (Å²) in [4.78, 5) is 10.3. The summed E-state index contributed by atoms with van der Waals surface area (Å²) in [5.74, 6) is 0.660. The van der Waals surface area contributed by atoms with Crippen molar-refractivity contribution in [3.63, 3.8) is 0 Å². The van der Waals surface area contributed by atoms with Crippen molar-refractivity contribution in [2.75, 3.05) is 12.0 Å². The molecule has 1 N–H and O–H groups in total. The van der Waals surface area contributed by atoms with Gasteiger partial charge in [-0.1, -0.05) is 57.8 Å². The highest BCUT2D eigenvalue weighted by Gasteiger charge is 1.96. The second kappa shape index (κ2) is 14.9. The maximum atomic E-state index is 10.3. The lowest BCUT2D eigenvalue weighted by Gasteiger charge is -2.02. The number of carboxylic acids is 1. The van der Waals surface area contributed by atoms with E-state index in [0.717, 1.165) is 12.8 Å². The number of unbranched alkanes of at least 4 members (excludes halogenated alkanes) is 10. The van der Waals surface area contributed by atoms with Gasteiger partial charge in [-0.05, 0) is 24.9 Å². The van der Waals surface area contributed by atoms with Crippen LogP contribution in [0.25, 0.3) is 0 Å². The van der Waals surface area contributed by atoms with Crippen molar-refractivity contribution in [1.82, 2.24) is 0 Å². The molecular weight excluding hydrogens is 244 g/mol. The van der Waals surface area contributed by atoms with Crippen molar-refractivity contribution in [2.24, 2.45) is 0 Å². The summed E-state index contributed by atoms with van der Waals surface area (Å²) < 4.78 is 0. The molecule has 0 fully saturated rings. The molecule has 18 heavy (non-hydrogen) atoms. The standard InChI is InChI=1S/C15H30O2S/c1-18-14-12-10-8-6-4-2-3-5-7-9-11-13-15(16)17/h2-14H2,1H3,(H,16,17). The van der Waals surface area contributed by atoms with E-state index in [1.54, 1.807) is 0 Å². The monoisotopic (exact) mass is 274 g/mol. The average Bonchev–Trinajstić information content (AvgIpc) is 2.34. The van der Waals surface area contributed by atoms with Gasteiger partial charge < -0.3 is 5.11 Å². The highest BCUT2D eigenvalue weighted by molar-refractivity contribution is 7.98. The summed E-state index contributed by atoms with van der Waals surface area (Å²) in [7, 11) is 0. The Labute approximate surface area is 117 Å². The Morgan fingerprint density at radius 1 is 0.778 bits per heavy atom. The minimum atomic E-state index is -0.656. The van der Waals surface area contributed by atoms with Crippen LogP contribution in [0.15, 0.2) is 0 Å². The van der Waals surface area contributed by atoms with Crippen molar-refractivity contribution in [1.29, 1.82) is 0 Å². The Bertz CT molecular complexity index is 183. The molecule has 108 valence electrons. The molecule has 0 amide bonds. The van der Waals surface area contributed by atoms with E-state index in [2.05, 4.69) is 6.26 Å². The number of carboxylic acid groups (broad SMARTS) is 1. The van der Waals surface area contributed by atoms with Gasteiger partial charge in [0.15, 0.2) is 0 Å². The van der Waals surface area contributed by atoms with Gasteiger partial charge in [-0.25, -0.2) is 0 Å². The Morgan fingerprint density at radius 3 is 1.56 bits per heavy atom. The second-order valence-electron chi connectivity index (χ2n) is 5.03. The van der Waals surface area contributed by atoms with E-state index in [9.17, 15) is 4.79 Å². The molecular formula is C15H30O2S. The van der Waals surface area contributed by atoms with E-state index >= 15 is 0 Å². The van der Waals surface area contributed by atoms with Crippen LogP contribution in [0.3, 0.4) is 0 Å². The van der Waals surface area contributed by atoms with Crippen LogP contribution in [-0.4, -0.2) is 23.1 Å². The first kappa shape index (κ1) is 17.8.